The van der Waals surface area contributed by atoms with Gasteiger partial charge in [0.05, 0.1) is 0 Å². The molecule has 0 bridgehead atoms. The molecular weight excluding hydrogens is 913 g/mol. The Kier molecular flexibility index (Phi) is 60.2. The molecule has 0 aromatic carbocycles. The minimum absolute atomic E-state index is 0.0745. The average Bonchev–Trinajstić information content (AvgIpc) is 3.40. The lowest BCUT2D eigenvalue weighted by atomic mass is 10.0. The van der Waals surface area contributed by atoms with Crippen molar-refractivity contribution in [1.82, 2.24) is 0 Å². The van der Waals surface area contributed by atoms with Gasteiger partial charge in [-0.25, -0.2) is 0 Å². The number of esters is 3. The largest absolute Gasteiger partial charge is 0.462 e. The van der Waals surface area contributed by atoms with E-state index in [0.29, 0.717) is 19.3 Å². The fourth-order valence-electron chi connectivity index (χ4n) is 9.36. The molecule has 0 saturated carbocycles. The molecule has 0 aromatic heterocycles. The number of hydrogen-bond acceptors (Lipinski definition) is 6. The van der Waals surface area contributed by atoms with Crippen molar-refractivity contribution in [3.05, 3.63) is 60.8 Å². The van der Waals surface area contributed by atoms with E-state index in [1.807, 2.05) is 0 Å². The van der Waals surface area contributed by atoms with E-state index in [2.05, 4.69) is 81.5 Å². The summed E-state index contributed by atoms with van der Waals surface area (Å²) in [6.07, 6.45) is 80.0. The average molecular weight is 1040 g/mol. The van der Waals surface area contributed by atoms with E-state index in [-0.39, 0.29) is 31.1 Å². The summed E-state index contributed by atoms with van der Waals surface area (Å²) in [6, 6.07) is 0. The third-order valence-electron chi connectivity index (χ3n) is 14.2. The molecule has 0 aliphatic carbocycles. The number of allylic oxidation sites excluding steroid dienone is 10. The molecule has 1 atom stereocenters. The number of carbonyl (C=O) groups is 3. The number of hydrogen-bond donors (Lipinski definition) is 0. The third-order valence-corrected chi connectivity index (χ3v) is 14.2. The van der Waals surface area contributed by atoms with Gasteiger partial charge in [0, 0.05) is 19.3 Å². The zero-order valence-electron chi connectivity index (χ0n) is 49.4. The van der Waals surface area contributed by atoms with Crippen LogP contribution in [0.3, 0.4) is 0 Å². The Balaban J connectivity index is 3.94. The van der Waals surface area contributed by atoms with Crippen molar-refractivity contribution in [2.24, 2.45) is 0 Å². The van der Waals surface area contributed by atoms with Crippen molar-refractivity contribution in [3.8, 4) is 0 Å². The van der Waals surface area contributed by atoms with Gasteiger partial charge in [-0.1, -0.05) is 287 Å². The molecule has 0 saturated heterocycles. The molecule has 6 nitrogen and oxygen atoms in total. The van der Waals surface area contributed by atoms with Crippen LogP contribution >= 0.6 is 0 Å². The normalized spacial score (nSPS) is 12.4. The summed E-state index contributed by atoms with van der Waals surface area (Å²) < 4.78 is 16.8. The van der Waals surface area contributed by atoms with Crippen molar-refractivity contribution >= 4 is 17.9 Å². The van der Waals surface area contributed by atoms with Crippen LogP contribution in [0.2, 0.25) is 0 Å². The summed E-state index contributed by atoms with van der Waals surface area (Å²) in [5, 5.41) is 0. The molecule has 6 heteroatoms. The van der Waals surface area contributed by atoms with Gasteiger partial charge in [-0.2, -0.15) is 0 Å². The lowest BCUT2D eigenvalue weighted by Gasteiger charge is -2.18. The molecule has 0 amide bonds. The molecule has 430 valence electrons. The molecular formula is C68H122O6. The van der Waals surface area contributed by atoms with Crippen molar-refractivity contribution in [2.75, 3.05) is 13.2 Å². The van der Waals surface area contributed by atoms with Crippen LogP contribution in [0.4, 0.5) is 0 Å². The molecule has 0 fully saturated rings. The summed E-state index contributed by atoms with van der Waals surface area (Å²) in [4.78, 5) is 37.9. The van der Waals surface area contributed by atoms with Gasteiger partial charge in [0.25, 0.3) is 0 Å². The highest BCUT2D eigenvalue weighted by Gasteiger charge is 2.19. The first kappa shape index (κ1) is 71.1. The molecule has 0 aliphatic heterocycles. The van der Waals surface area contributed by atoms with Crippen LogP contribution in [-0.4, -0.2) is 37.2 Å². The monoisotopic (exact) mass is 1030 g/mol. The highest BCUT2D eigenvalue weighted by Crippen LogP contribution is 2.17. The van der Waals surface area contributed by atoms with E-state index in [0.717, 1.165) is 89.9 Å². The smallest absolute Gasteiger partial charge is 0.306 e. The van der Waals surface area contributed by atoms with Crippen LogP contribution in [0.15, 0.2) is 60.8 Å². The van der Waals surface area contributed by atoms with Gasteiger partial charge in [-0.05, 0) is 89.9 Å². The summed E-state index contributed by atoms with van der Waals surface area (Å²) in [7, 11) is 0. The highest BCUT2D eigenvalue weighted by atomic mass is 16.6. The standard InChI is InChI=1S/C68H122O6/c1-4-7-10-13-15-17-19-21-23-25-27-28-29-30-31-32-33-34-35-36-37-38-39-40-41-43-44-46-48-50-52-55-58-61-67(70)73-64-65(63-72-66(69)60-57-54-12-9-6-3)74-68(71)62-59-56-53-51-49-47-45-42-26-24-22-20-18-16-14-11-8-5-2/h18-21,24-27,29-30,65H,4-17,22-23,28,31-64H2,1-3H3/b20-18-,21-19-,26-24-,27-25-,30-29-. The zero-order valence-corrected chi connectivity index (χ0v) is 49.4. The maximum absolute atomic E-state index is 12.8. The van der Waals surface area contributed by atoms with Crippen LogP contribution < -0.4 is 0 Å². The van der Waals surface area contributed by atoms with Gasteiger partial charge in [0.1, 0.15) is 13.2 Å². The molecule has 0 N–H and O–H groups in total. The van der Waals surface area contributed by atoms with E-state index >= 15 is 0 Å². The van der Waals surface area contributed by atoms with E-state index in [9.17, 15) is 14.4 Å². The van der Waals surface area contributed by atoms with Crippen LogP contribution in [0.5, 0.6) is 0 Å². The maximum atomic E-state index is 12.8. The number of carbonyl (C=O) groups excluding carboxylic acids is 3. The molecule has 0 heterocycles. The molecule has 0 aromatic rings. The third kappa shape index (κ3) is 60.0. The lowest BCUT2D eigenvalue weighted by molar-refractivity contribution is -0.167. The SMILES string of the molecule is CCCCCC/C=C\C/C=C\CCCCCCCCCC(=O)OC(COC(=O)CCCCCCC)COC(=O)CCCCCCCCCCCCCCCCCCCC/C=C\C/C=C\C/C=C\CCCCCCC. The van der Waals surface area contributed by atoms with Crippen molar-refractivity contribution in [1.29, 1.82) is 0 Å². The minimum atomic E-state index is -0.773. The summed E-state index contributed by atoms with van der Waals surface area (Å²) in [6.45, 7) is 6.55. The van der Waals surface area contributed by atoms with Gasteiger partial charge in [0.15, 0.2) is 6.10 Å². The fourth-order valence-corrected chi connectivity index (χ4v) is 9.36. The molecule has 0 radical (unpaired) electrons. The topological polar surface area (TPSA) is 78.9 Å². The highest BCUT2D eigenvalue weighted by molar-refractivity contribution is 5.71. The summed E-state index contributed by atoms with van der Waals surface area (Å²) in [5.74, 6) is -0.882. The zero-order chi connectivity index (χ0) is 53.6. The second-order valence-electron chi connectivity index (χ2n) is 21.7. The minimum Gasteiger partial charge on any atom is -0.462 e. The van der Waals surface area contributed by atoms with Gasteiger partial charge in [-0.3, -0.25) is 14.4 Å². The Morgan fingerprint density at radius 3 is 0.770 bits per heavy atom. The Labute approximate surface area is 460 Å². The fraction of sp³-hybridized carbons (Fsp3) is 0.809. The van der Waals surface area contributed by atoms with Crippen molar-refractivity contribution in [2.45, 2.75) is 341 Å². The molecule has 0 aliphatic rings. The number of ether oxygens (including phenoxy) is 3. The van der Waals surface area contributed by atoms with Crippen molar-refractivity contribution < 1.29 is 28.6 Å². The molecule has 0 spiro atoms. The predicted octanol–water partition coefficient (Wildman–Crippen LogP) is 21.9. The Hall–Kier alpha value is -2.89. The van der Waals surface area contributed by atoms with Gasteiger partial charge in [-0.15, -0.1) is 0 Å². The number of rotatable bonds is 59. The molecule has 1 unspecified atom stereocenters. The van der Waals surface area contributed by atoms with Crippen LogP contribution in [-0.2, 0) is 28.6 Å². The Morgan fingerprint density at radius 1 is 0.270 bits per heavy atom. The van der Waals surface area contributed by atoms with E-state index in [1.54, 1.807) is 0 Å². The molecule has 74 heavy (non-hydrogen) atoms. The Bertz CT molecular complexity index is 1330. The van der Waals surface area contributed by atoms with Gasteiger partial charge >= 0.3 is 17.9 Å². The quantitative estimate of drug-likeness (QED) is 0.0261. The second-order valence-corrected chi connectivity index (χ2v) is 21.7. The molecule has 0 rings (SSSR count). The van der Waals surface area contributed by atoms with Crippen LogP contribution in [0, 0.1) is 0 Å². The second kappa shape index (κ2) is 62.6. The first-order chi connectivity index (χ1) is 36.5. The van der Waals surface area contributed by atoms with Crippen LogP contribution in [0.25, 0.3) is 0 Å². The first-order valence-corrected chi connectivity index (χ1v) is 32.3. The predicted molar refractivity (Wildman–Crippen MR) is 321 cm³/mol. The Morgan fingerprint density at radius 2 is 0.486 bits per heavy atom. The van der Waals surface area contributed by atoms with E-state index in [4.69, 9.17) is 14.2 Å². The van der Waals surface area contributed by atoms with Gasteiger partial charge < -0.3 is 14.2 Å². The first-order valence-electron chi connectivity index (χ1n) is 32.3. The lowest BCUT2D eigenvalue weighted by Crippen LogP contribution is -2.30. The summed E-state index contributed by atoms with van der Waals surface area (Å²) in [5.41, 5.74) is 0. The van der Waals surface area contributed by atoms with Crippen molar-refractivity contribution in [3.63, 3.8) is 0 Å². The van der Waals surface area contributed by atoms with Gasteiger partial charge in [0.2, 0.25) is 0 Å². The number of unbranched alkanes of at least 4 members (excludes halogenated alkanes) is 38. The maximum Gasteiger partial charge on any atom is 0.306 e. The van der Waals surface area contributed by atoms with Crippen LogP contribution in [0.1, 0.15) is 335 Å². The summed E-state index contributed by atoms with van der Waals surface area (Å²) >= 11 is 0. The van der Waals surface area contributed by atoms with E-state index < -0.39 is 6.10 Å². The van der Waals surface area contributed by atoms with E-state index in [1.165, 1.54) is 205 Å².